The van der Waals surface area contributed by atoms with E-state index >= 15 is 0 Å². The van der Waals surface area contributed by atoms with Gasteiger partial charge in [-0.15, -0.1) is 0 Å². The smallest absolute Gasteiger partial charge is 0.234 e. The van der Waals surface area contributed by atoms with Crippen molar-refractivity contribution >= 4 is 29.8 Å². The number of benzene rings is 3. The maximum absolute atomic E-state index is 14.1. The third-order valence-electron chi connectivity index (χ3n) is 6.64. The highest BCUT2D eigenvalue weighted by Gasteiger charge is 2.40. The van der Waals surface area contributed by atoms with E-state index in [2.05, 4.69) is 5.32 Å². The van der Waals surface area contributed by atoms with Crippen molar-refractivity contribution in [2.45, 2.75) is 32.0 Å². The molecule has 0 spiro atoms. The molecule has 0 aliphatic carbocycles. The van der Waals surface area contributed by atoms with E-state index in [0.29, 0.717) is 40.0 Å². The molecule has 5 rings (SSSR count). The number of amides is 2. The summed E-state index contributed by atoms with van der Waals surface area (Å²) in [6, 6.07) is 17.9. The zero-order valence-corrected chi connectivity index (χ0v) is 24.3. The summed E-state index contributed by atoms with van der Waals surface area (Å²) in [5, 5.41) is 3.33. The van der Waals surface area contributed by atoms with Gasteiger partial charge >= 0.3 is 0 Å². The number of carbonyl (C=O) groups is 2. The number of nitrogens with one attached hydrogen (secondary N) is 1. The van der Waals surface area contributed by atoms with E-state index in [1.165, 1.54) is 17.0 Å². The SMILES string of the molecule is CN1CCNC(=O)C1.COc1ccc(C2=NC(c3ccc(Cl)cc3)C(c3cccc(F)c3)N2C=O)c(OC(C)C)c1. The Balaban J connectivity index is 0.000000417. The third-order valence-corrected chi connectivity index (χ3v) is 6.89. The third kappa shape index (κ3) is 7.42. The Kier molecular flexibility index (Phi) is 9.96. The van der Waals surface area contributed by atoms with Crippen LogP contribution in [-0.2, 0) is 9.59 Å². The van der Waals surface area contributed by atoms with Crippen molar-refractivity contribution < 1.29 is 23.5 Å². The fourth-order valence-electron chi connectivity index (χ4n) is 4.76. The number of nitrogens with zero attached hydrogens (tertiary/aromatic N) is 3. The van der Waals surface area contributed by atoms with Gasteiger partial charge in [-0.1, -0.05) is 35.9 Å². The van der Waals surface area contributed by atoms with Crippen LogP contribution in [0.25, 0.3) is 0 Å². The molecule has 2 aliphatic heterocycles. The number of methoxy groups -OCH3 is 1. The summed E-state index contributed by atoms with van der Waals surface area (Å²) in [7, 11) is 3.52. The van der Waals surface area contributed by atoms with Gasteiger partial charge in [-0.2, -0.15) is 0 Å². The van der Waals surface area contributed by atoms with Crippen LogP contribution in [0.5, 0.6) is 11.5 Å². The maximum Gasteiger partial charge on any atom is 0.234 e. The number of piperazine rings is 1. The monoisotopic (exact) mass is 580 g/mol. The largest absolute Gasteiger partial charge is 0.497 e. The summed E-state index contributed by atoms with van der Waals surface area (Å²) in [5.41, 5.74) is 2.14. The average molecular weight is 581 g/mol. The number of rotatable bonds is 7. The summed E-state index contributed by atoms with van der Waals surface area (Å²) >= 11 is 6.09. The molecule has 2 atom stereocenters. The molecule has 216 valence electrons. The predicted octanol–water partition coefficient (Wildman–Crippen LogP) is 5.02. The number of likely N-dealkylation sites (N-methyl/N-ethyl adjacent to an activating group) is 1. The van der Waals surface area contributed by atoms with Crippen molar-refractivity contribution in [3.05, 3.63) is 94.3 Å². The van der Waals surface area contributed by atoms with Gasteiger partial charge in [0.15, 0.2) is 0 Å². The highest BCUT2D eigenvalue weighted by molar-refractivity contribution is 6.30. The highest BCUT2D eigenvalue weighted by atomic mass is 35.5. The number of amidine groups is 1. The quantitative estimate of drug-likeness (QED) is 0.397. The second-order valence-corrected chi connectivity index (χ2v) is 10.5. The lowest BCUT2D eigenvalue weighted by Crippen LogP contribution is -2.45. The number of hydrogen-bond donors (Lipinski definition) is 1. The van der Waals surface area contributed by atoms with Crippen LogP contribution < -0.4 is 14.8 Å². The normalized spacial score (nSPS) is 18.8. The van der Waals surface area contributed by atoms with Gasteiger partial charge in [0.25, 0.3) is 0 Å². The van der Waals surface area contributed by atoms with E-state index < -0.39 is 12.1 Å². The summed E-state index contributed by atoms with van der Waals surface area (Å²) < 4.78 is 25.5. The van der Waals surface area contributed by atoms with Crippen LogP contribution in [0.1, 0.15) is 42.6 Å². The van der Waals surface area contributed by atoms with Crippen molar-refractivity contribution in [2.75, 3.05) is 33.8 Å². The Morgan fingerprint density at radius 3 is 2.44 bits per heavy atom. The Morgan fingerprint density at radius 2 is 1.85 bits per heavy atom. The fourth-order valence-corrected chi connectivity index (χ4v) is 4.89. The van der Waals surface area contributed by atoms with Crippen LogP contribution in [0.15, 0.2) is 71.7 Å². The molecule has 0 aromatic heterocycles. The lowest BCUT2D eigenvalue weighted by Gasteiger charge is -2.27. The van der Waals surface area contributed by atoms with E-state index in [9.17, 15) is 14.0 Å². The highest BCUT2D eigenvalue weighted by Crippen LogP contribution is 2.44. The molecule has 1 saturated heterocycles. The minimum atomic E-state index is -0.539. The first-order valence-electron chi connectivity index (χ1n) is 13.3. The molecule has 2 heterocycles. The molecule has 1 N–H and O–H groups in total. The Morgan fingerprint density at radius 1 is 1.10 bits per heavy atom. The first-order valence-corrected chi connectivity index (χ1v) is 13.7. The molecule has 1 fully saturated rings. The van der Waals surface area contributed by atoms with E-state index in [1.54, 1.807) is 43.5 Å². The zero-order chi connectivity index (χ0) is 29.5. The van der Waals surface area contributed by atoms with Gasteiger partial charge in [-0.25, -0.2) is 4.39 Å². The summed E-state index contributed by atoms with van der Waals surface area (Å²) in [5.74, 6) is 1.37. The molecule has 8 nitrogen and oxygen atoms in total. The number of halogens is 2. The average Bonchev–Trinajstić information content (AvgIpc) is 3.32. The van der Waals surface area contributed by atoms with Crippen LogP contribution in [0.3, 0.4) is 0 Å². The molecule has 41 heavy (non-hydrogen) atoms. The van der Waals surface area contributed by atoms with E-state index in [-0.39, 0.29) is 17.8 Å². The summed E-state index contributed by atoms with van der Waals surface area (Å²) in [6.45, 7) is 6.17. The van der Waals surface area contributed by atoms with Crippen molar-refractivity contribution in [3.63, 3.8) is 0 Å². The van der Waals surface area contributed by atoms with Crippen molar-refractivity contribution in [1.29, 1.82) is 0 Å². The number of hydrogen-bond acceptors (Lipinski definition) is 6. The number of aliphatic imine (C=N–C) groups is 1. The summed E-state index contributed by atoms with van der Waals surface area (Å²) in [6.07, 6.45) is 0.627. The standard InChI is InChI=1S/C26H24ClFN2O3.C5H10N2O/c1-16(2)33-23-14-21(32-3)11-12-22(23)26-29-24(17-7-9-19(27)10-8-17)25(30(26)15-31)18-5-4-6-20(28)13-18;1-7-3-2-6-5(8)4-7/h4-16,24-25H,1-3H3;2-4H2,1H3,(H,6,8). The molecular weight excluding hydrogens is 547 g/mol. The van der Waals surface area contributed by atoms with Gasteiger partial charge in [-0.3, -0.25) is 24.4 Å². The molecule has 2 aliphatic rings. The Labute approximate surface area is 244 Å². The van der Waals surface area contributed by atoms with Crippen molar-refractivity contribution in [2.24, 2.45) is 4.99 Å². The predicted molar refractivity (Wildman–Crippen MR) is 157 cm³/mol. The first kappa shape index (κ1) is 30.0. The zero-order valence-electron chi connectivity index (χ0n) is 23.5. The fraction of sp³-hybridized carbons (Fsp3) is 0.323. The molecule has 0 saturated carbocycles. The minimum Gasteiger partial charge on any atom is -0.497 e. The molecule has 2 unspecified atom stereocenters. The lowest BCUT2D eigenvalue weighted by molar-refractivity contribution is -0.123. The van der Waals surface area contributed by atoms with E-state index in [1.807, 2.05) is 44.0 Å². The molecule has 0 radical (unpaired) electrons. The number of ether oxygens (including phenoxy) is 2. The molecule has 0 bridgehead atoms. The van der Waals surface area contributed by atoms with Crippen molar-refractivity contribution in [3.8, 4) is 11.5 Å². The first-order chi connectivity index (χ1) is 19.7. The topological polar surface area (TPSA) is 83.5 Å². The van der Waals surface area contributed by atoms with E-state index in [0.717, 1.165) is 25.1 Å². The minimum absolute atomic E-state index is 0.103. The molecule has 10 heteroatoms. The maximum atomic E-state index is 14.1. The van der Waals surface area contributed by atoms with Gasteiger partial charge in [0.1, 0.15) is 29.2 Å². The van der Waals surface area contributed by atoms with Gasteiger partial charge in [0, 0.05) is 24.2 Å². The van der Waals surface area contributed by atoms with Crippen LogP contribution in [0, 0.1) is 5.82 Å². The summed E-state index contributed by atoms with van der Waals surface area (Å²) in [4.78, 5) is 31.4. The second kappa shape index (κ2) is 13.6. The lowest BCUT2D eigenvalue weighted by atomic mass is 9.94. The van der Waals surface area contributed by atoms with E-state index in [4.69, 9.17) is 26.1 Å². The van der Waals surface area contributed by atoms with Crippen LogP contribution in [0.2, 0.25) is 5.02 Å². The molecule has 3 aromatic rings. The van der Waals surface area contributed by atoms with Gasteiger partial charge < -0.3 is 14.8 Å². The Hall–Kier alpha value is -3.95. The Bertz CT molecular complexity index is 1400. The van der Waals surface area contributed by atoms with Gasteiger partial charge in [0.05, 0.1) is 31.4 Å². The van der Waals surface area contributed by atoms with Gasteiger partial charge in [-0.05, 0) is 68.4 Å². The van der Waals surface area contributed by atoms with Crippen LogP contribution in [0.4, 0.5) is 4.39 Å². The van der Waals surface area contributed by atoms with Crippen LogP contribution >= 0.6 is 11.6 Å². The molecule has 2 amide bonds. The van der Waals surface area contributed by atoms with Crippen molar-refractivity contribution in [1.82, 2.24) is 15.1 Å². The molecule has 3 aromatic carbocycles. The van der Waals surface area contributed by atoms with Crippen LogP contribution in [-0.4, -0.2) is 67.8 Å². The molecular formula is C31H34ClFN4O4. The number of carbonyl (C=O) groups excluding carboxylic acids is 2. The second-order valence-electron chi connectivity index (χ2n) is 10.1. The van der Waals surface area contributed by atoms with Gasteiger partial charge in [0.2, 0.25) is 12.3 Å².